The summed E-state index contributed by atoms with van der Waals surface area (Å²) in [4.78, 5) is 24.9. The van der Waals surface area contributed by atoms with Crippen LogP contribution in [0.4, 0.5) is 27.6 Å². The molecule has 0 aliphatic heterocycles. The second-order valence-corrected chi connectivity index (χ2v) is 5.73. The predicted molar refractivity (Wildman–Crippen MR) is 90.5 cm³/mol. The molecule has 2 aromatic rings. The third-order valence-corrected chi connectivity index (χ3v) is 3.71. The van der Waals surface area contributed by atoms with E-state index in [1.807, 2.05) is 0 Å². The minimum atomic E-state index is -4.61. The zero-order valence-electron chi connectivity index (χ0n) is 14.7. The van der Waals surface area contributed by atoms with Gasteiger partial charge in [-0.2, -0.15) is 13.2 Å². The number of carbonyl (C=O) groups is 2. The van der Waals surface area contributed by atoms with Gasteiger partial charge in [0.2, 0.25) is 5.91 Å². The molecule has 0 fully saturated rings. The summed E-state index contributed by atoms with van der Waals surface area (Å²) in [5, 5.41) is 0. The fourth-order valence-corrected chi connectivity index (χ4v) is 2.50. The van der Waals surface area contributed by atoms with Gasteiger partial charge in [-0.25, -0.2) is 8.78 Å². The van der Waals surface area contributed by atoms with Crippen LogP contribution >= 0.6 is 0 Å². The third kappa shape index (κ3) is 5.28. The lowest BCUT2D eigenvalue weighted by Crippen LogP contribution is -2.38. The Balaban J connectivity index is 2.35. The van der Waals surface area contributed by atoms with Gasteiger partial charge in [-0.05, 0) is 30.7 Å². The van der Waals surface area contributed by atoms with Gasteiger partial charge in [-0.15, -0.1) is 0 Å². The highest BCUT2D eigenvalue weighted by molar-refractivity contribution is 5.99. The van der Waals surface area contributed by atoms with E-state index in [0.717, 1.165) is 36.4 Å². The van der Waals surface area contributed by atoms with Crippen LogP contribution in [-0.4, -0.2) is 25.0 Å². The molecule has 2 aromatic carbocycles. The molecule has 9 heteroatoms. The normalized spacial score (nSPS) is 11.2. The molecule has 0 saturated heterocycles. The van der Waals surface area contributed by atoms with Crippen LogP contribution < -0.4 is 4.90 Å². The minimum absolute atomic E-state index is 0.0196. The van der Waals surface area contributed by atoms with Crippen molar-refractivity contribution in [2.45, 2.75) is 19.5 Å². The lowest BCUT2D eigenvalue weighted by atomic mass is 10.1. The Labute approximate surface area is 157 Å². The summed E-state index contributed by atoms with van der Waals surface area (Å²) in [6.45, 7) is 0.702. The molecule has 150 valence electrons. The number of amides is 1. The van der Waals surface area contributed by atoms with Crippen LogP contribution in [-0.2, 0) is 26.9 Å². The molecule has 2 rings (SSSR count). The Bertz CT molecular complexity index is 847. The van der Waals surface area contributed by atoms with Crippen molar-refractivity contribution in [3.8, 4) is 0 Å². The van der Waals surface area contributed by atoms with Crippen molar-refractivity contribution in [1.82, 2.24) is 0 Å². The number of hydrogen-bond acceptors (Lipinski definition) is 3. The first-order valence-electron chi connectivity index (χ1n) is 8.19. The molecule has 0 atom stereocenters. The van der Waals surface area contributed by atoms with E-state index in [4.69, 9.17) is 4.74 Å². The van der Waals surface area contributed by atoms with Gasteiger partial charge in [-0.3, -0.25) is 14.5 Å². The molecule has 0 aromatic heterocycles. The number of hydrogen-bond donors (Lipinski definition) is 0. The highest BCUT2D eigenvalue weighted by Gasteiger charge is 2.31. The van der Waals surface area contributed by atoms with E-state index in [0.29, 0.717) is 4.90 Å². The monoisotopic (exact) mass is 401 g/mol. The first-order chi connectivity index (χ1) is 13.1. The Hall–Kier alpha value is -2.97. The number of benzene rings is 2. The number of esters is 1. The van der Waals surface area contributed by atoms with Crippen LogP contribution in [0.25, 0.3) is 0 Å². The average molecular weight is 401 g/mol. The maximum Gasteiger partial charge on any atom is 0.416 e. The first-order valence-corrected chi connectivity index (χ1v) is 8.19. The highest BCUT2D eigenvalue weighted by atomic mass is 19.4. The zero-order valence-corrected chi connectivity index (χ0v) is 14.7. The fraction of sp³-hybridized carbons (Fsp3) is 0.263. The summed E-state index contributed by atoms with van der Waals surface area (Å²) >= 11 is 0. The van der Waals surface area contributed by atoms with Gasteiger partial charge in [0.1, 0.15) is 23.9 Å². The summed E-state index contributed by atoms with van der Waals surface area (Å²) in [5.74, 6) is -4.07. The minimum Gasteiger partial charge on any atom is -0.465 e. The van der Waals surface area contributed by atoms with E-state index in [1.165, 1.54) is 13.0 Å². The van der Waals surface area contributed by atoms with Gasteiger partial charge in [0.15, 0.2) is 0 Å². The number of para-hydroxylation sites is 1. The quantitative estimate of drug-likeness (QED) is 0.540. The SMILES string of the molecule is CCOC(=O)CN(C(=O)Cc1cccc(C(F)(F)F)c1)c1c(F)cccc1F. The lowest BCUT2D eigenvalue weighted by molar-refractivity contribution is -0.142. The van der Waals surface area contributed by atoms with Crippen molar-refractivity contribution >= 4 is 17.6 Å². The van der Waals surface area contributed by atoms with Crippen molar-refractivity contribution in [2.24, 2.45) is 0 Å². The molecular formula is C19H16F5NO3. The van der Waals surface area contributed by atoms with E-state index < -0.39 is 53.9 Å². The van der Waals surface area contributed by atoms with Crippen LogP contribution in [0.2, 0.25) is 0 Å². The molecule has 0 radical (unpaired) electrons. The Morgan fingerprint density at radius 1 is 1.04 bits per heavy atom. The Morgan fingerprint density at radius 3 is 2.21 bits per heavy atom. The predicted octanol–water partition coefficient (Wildman–Crippen LogP) is 4.12. The second kappa shape index (κ2) is 8.81. The molecule has 0 bridgehead atoms. The number of alkyl halides is 3. The van der Waals surface area contributed by atoms with Gasteiger partial charge in [0.05, 0.1) is 18.6 Å². The van der Waals surface area contributed by atoms with E-state index in [2.05, 4.69) is 0 Å². The molecule has 0 aliphatic carbocycles. The number of anilines is 1. The van der Waals surface area contributed by atoms with E-state index >= 15 is 0 Å². The summed E-state index contributed by atoms with van der Waals surface area (Å²) < 4.78 is 71.5. The number of ether oxygens (including phenoxy) is 1. The van der Waals surface area contributed by atoms with E-state index in [1.54, 1.807) is 0 Å². The maximum atomic E-state index is 14.1. The number of rotatable bonds is 6. The molecule has 0 heterocycles. The number of halogens is 5. The smallest absolute Gasteiger partial charge is 0.416 e. The maximum absolute atomic E-state index is 14.1. The third-order valence-electron chi connectivity index (χ3n) is 3.71. The highest BCUT2D eigenvalue weighted by Crippen LogP contribution is 2.30. The second-order valence-electron chi connectivity index (χ2n) is 5.73. The standard InChI is InChI=1S/C19H16F5NO3/c1-2-28-17(27)11-25(18-14(20)7-4-8-15(18)21)16(26)10-12-5-3-6-13(9-12)19(22,23)24/h3-9H,2,10-11H2,1H3. The van der Waals surface area contributed by atoms with Crippen molar-refractivity contribution in [3.05, 3.63) is 65.2 Å². The van der Waals surface area contributed by atoms with Crippen molar-refractivity contribution in [1.29, 1.82) is 0 Å². The fourth-order valence-electron chi connectivity index (χ4n) is 2.50. The van der Waals surface area contributed by atoms with Gasteiger partial charge < -0.3 is 4.74 Å². The first kappa shape index (κ1) is 21.3. The van der Waals surface area contributed by atoms with E-state index in [-0.39, 0.29) is 12.2 Å². The molecule has 0 saturated carbocycles. The molecule has 4 nitrogen and oxygen atoms in total. The van der Waals surface area contributed by atoms with Gasteiger partial charge in [0.25, 0.3) is 0 Å². The van der Waals surface area contributed by atoms with Crippen LogP contribution in [0, 0.1) is 11.6 Å². The Morgan fingerprint density at radius 2 is 1.64 bits per heavy atom. The molecular weight excluding hydrogens is 385 g/mol. The van der Waals surface area contributed by atoms with Gasteiger partial charge in [-0.1, -0.05) is 24.3 Å². The number of carbonyl (C=O) groups excluding carboxylic acids is 2. The molecule has 0 N–H and O–H groups in total. The van der Waals surface area contributed by atoms with Crippen LogP contribution in [0.3, 0.4) is 0 Å². The van der Waals surface area contributed by atoms with Crippen LogP contribution in [0.1, 0.15) is 18.1 Å². The van der Waals surface area contributed by atoms with Crippen LogP contribution in [0.5, 0.6) is 0 Å². The van der Waals surface area contributed by atoms with E-state index in [9.17, 15) is 31.5 Å². The van der Waals surface area contributed by atoms with Gasteiger partial charge >= 0.3 is 12.1 Å². The molecule has 1 amide bonds. The number of nitrogens with zero attached hydrogens (tertiary/aromatic N) is 1. The molecule has 0 unspecified atom stereocenters. The van der Waals surface area contributed by atoms with Gasteiger partial charge in [0, 0.05) is 0 Å². The Kier molecular flexibility index (Phi) is 6.71. The summed E-state index contributed by atoms with van der Waals surface area (Å²) in [6.07, 6.45) is -5.21. The molecule has 0 spiro atoms. The van der Waals surface area contributed by atoms with Crippen molar-refractivity contribution < 1.29 is 36.3 Å². The van der Waals surface area contributed by atoms with Crippen molar-refractivity contribution in [2.75, 3.05) is 18.1 Å². The molecule has 28 heavy (non-hydrogen) atoms. The lowest BCUT2D eigenvalue weighted by Gasteiger charge is -2.23. The largest absolute Gasteiger partial charge is 0.465 e. The summed E-state index contributed by atoms with van der Waals surface area (Å²) in [6, 6.07) is 6.85. The average Bonchev–Trinajstić information content (AvgIpc) is 2.60. The zero-order chi connectivity index (χ0) is 20.9. The summed E-state index contributed by atoms with van der Waals surface area (Å²) in [7, 11) is 0. The molecule has 0 aliphatic rings. The summed E-state index contributed by atoms with van der Waals surface area (Å²) in [5.41, 5.74) is -1.76. The van der Waals surface area contributed by atoms with Crippen LogP contribution in [0.15, 0.2) is 42.5 Å². The van der Waals surface area contributed by atoms with Crippen molar-refractivity contribution in [3.63, 3.8) is 0 Å². The topological polar surface area (TPSA) is 46.6 Å².